The van der Waals surface area contributed by atoms with Crippen molar-refractivity contribution >= 4 is 11.6 Å². The number of nitrogens with one attached hydrogen (secondary N) is 2. The van der Waals surface area contributed by atoms with Crippen LogP contribution in [0.2, 0.25) is 0 Å². The second kappa shape index (κ2) is 16.2. The molecule has 0 heterocycles. The SMILES string of the molecule is C[C@](NC(=O)c1ccc(F)c(C(F)(F)F)c1)(c1cc(F)cc(OC(F)(F)C(F)F)c1)c1ccc(F)c(NCc2ccccc2)c1.Cc1ccccc1. The normalized spacial score (nSPS) is 12.7. The van der Waals surface area contributed by atoms with Crippen molar-refractivity contribution in [2.24, 2.45) is 0 Å². The van der Waals surface area contributed by atoms with E-state index in [0.29, 0.717) is 18.2 Å². The van der Waals surface area contributed by atoms with E-state index in [2.05, 4.69) is 34.4 Å². The Morgan fingerprint density at radius 2 is 1.35 bits per heavy atom. The lowest BCUT2D eigenvalue weighted by atomic mass is 9.83. The van der Waals surface area contributed by atoms with Crippen LogP contribution in [0.4, 0.5) is 49.6 Å². The first-order valence-corrected chi connectivity index (χ1v) is 15.3. The Balaban J connectivity index is 0.000000771. The number of amides is 1. The minimum absolute atomic E-state index is 0.0527. The highest BCUT2D eigenvalue weighted by Gasteiger charge is 2.44. The predicted octanol–water partition coefficient (Wildman–Crippen LogP) is 10.7. The molecule has 5 aromatic rings. The molecule has 5 rings (SSSR count). The Kier molecular flexibility index (Phi) is 12.2. The van der Waals surface area contributed by atoms with Gasteiger partial charge in [0, 0.05) is 18.2 Å². The van der Waals surface area contributed by atoms with Crippen molar-refractivity contribution in [1.29, 1.82) is 0 Å². The molecule has 5 aromatic carbocycles. The third-order valence-electron chi connectivity index (χ3n) is 7.66. The van der Waals surface area contributed by atoms with Crippen LogP contribution in [0.25, 0.3) is 0 Å². The van der Waals surface area contributed by atoms with Crippen LogP contribution in [0.1, 0.15) is 45.1 Å². The van der Waals surface area contributed by atoms with Gasteiger partial charge in [-0.05, 0) is 73.0 Å². The maximum Gasteiger partial charge on any atom is 0.461 e. The summed E-state index contributed by atoms with van der Waals surface area (Å²) in [6.45, 7) is 3.37. The lowest BCUT2D eigenvalue weighted by molar-refractivity contribution is -0.253. The van der Waals surface area contributed by atoms with Gasteiger partial charge >= 0.3 is 18.7 Å². The second-order valence-electron chi connectivity index (χ2n) is 11.6. The van der Waals surface area contributed by atoms with Gasteiger partial charge in [0.15, 0.2) is 0 Å². The summed E-state index contributed by atoms with van der Waals surface area (Å²) in [4.78, 5) is 13.3. The van der Waals surface area contributed by atoms with E-state index in [0.717, 1.165) is 29.8 Å². The van der Waals surface area contributed by atoms with Crippen molar-refractivity contribution in [2.45, 2.75) is 44.6 Å². The quantitative estimate of drug-likeness (QED) is 0.140. The maximum atomic E-state index is 14.8. The molecule has 0 saturated carbocycles. The zero-order valence-corrected chi connectivity index (χ0v) is 27.4. The minimum Gasteiger partial charge on any atom is -0.428 e. The molecule has 4 nitrogen and oxygen atoms in total. The highest BCUT2D eigenvalue weighted by molar-refractivity contribution is 5.95. The Morgan fingerprint density at radius 1 is 0.731 bits per heavy atom. The van der Waals surface area contributed by atoms with Gasteiger partial charge in [-0.1, -0.05) is 72.3 Å². The first kappa shape index (κ1) is 39.3. The summed E-state index contributed by atoms with van der Waals surface area (Å²) >= 11 is 0. The lowest BCUT2D eigenvalue weighted by Crippen LogP contribution is -2.44. The molecule has 1 atom stereocenters. The molecular formula is C38H30F10N2O2. The van der Waals surface area contributed by atoms with Crippen molar-refractivity contribution in [3.63, 3.8) is 0 Å². The maximum absolute atomic E-state index is 14.8. The largest absolute Gasteiger partial charge is 0.461 e. The van der Waals surface area contributed by atoms with Crippen LogP contribution in [0.3, 0.4) is 0 Å². The van der Waals surface area contributed by atoms with E-state index in [4.69, 9.17) is 0 Å². The van der Waals surface area contributed by atoms with E-state index >= 15 is 0 Å². The average molecular weight is 737 g/mol. The molecule has 0 aliphatic heterocycles. The summed E-state index contributed by atoms with van der Waals surface area (Å²) in [6.07, 6.45) is -14.5. The Hall–Kier alpha value is -5.53. The molecule has 0 bridgehead atoms. The zero-order chi connectivity index (χ0) is 38.3. The van der Waals surface area contributed by atoms with Gasteiger partial charge in [0.25, 0.3) is 5.91 Å². The summed E-state index contributed by atoms with van der Waals surface area (Å²) in [5, 5.41) is 5.20. The number of aryl methyl sites for hydroxylation is 1. The van der Waals surface area contributed by atoms with Crippen LogP contribution >= 0.6 is 0 Å². The molecular weight excluding hydrogens is 706 g/mol. The van der Waals surface area contributed by atoms with Gasteiger partial charge in [-0.15, -0.1) is 0 Å². The number of alkyl halides is 7. The first-order chi connectivity index (χ1) is 24.4. The van der Waals surface area contributed by atoms with Gasteiger partial charge in [0.05, 0.1) is 16.8 Å². The van der Waals surface area contributed by atoms with E-state index in [1.807, 2.05) is 18.2 Å². The minimum atomic E-state index is -5.18. The monoisotopic (exact) mass is 736 g/mol. The van der Waals surface area contributed by atoms with Crippen LogP contribution in [-0.4, -0.2) is 18.4 Å². The average Bonchev–Trinajstić information content (AvgIpc) is 3.08. The molecule has 0 aliphatic carbocycles. The lowest BCUT2D eigenvalue weighted by Gasteiger charge is -2.33. The first-order valence-electron chi connectivity index (χ1n) is 15.3. The topological polar surface area (TPSA) is 50.4 Å². The summed E-state index contributed by atoms with van der Waals surface area (Å²) < 4.78 is 141. The molecule has 1 amide bonds. The van der Waals surface area contributed by atoms with Crippen molar-refractivity contribution in [1.82, 2.24) is 5.32 Å². The second-order valence-corrected chi connectivity index (χ2v) is 11.6. The number of anilines is 1. The predicted molar refractivity (Wildman–Crippen MR) is 175 cm³/mol. The van der Waals surface area contributed by atoms with E-state index < -0.39 is 70.0 Å². The van der Waals surface area contributed by atoms with Gasteiger partial charge in [-0.25, -0.2) is 13.2 Å². The van der Waals surface area contributed by atoms with Crippen LogP contribution in [0.15, 0.2) is 115 Å². The molecule has 0 unspecified atom stereocenters. The number of carbonyl (C=O) groups is 1. The third kappa shape index (κ3) is 10.0. The summed E-state index contributed by atoms with van der Waals surface area (Å²) in [7, 11) is 0. The van der Waals surface area contributed by atoms with E-state index in [-0.39, 0.29) is 23.9 Å². The fourth-order valence-corrected chi connectivity index (χ4v) is 4.91. The molecule has 274 valence electrons. The van der Waals surface area contributed by atoms with Gasteiger partial charge in [-0.3, -0.25) is 4.79 Å². The Labute approximate surface area is 292 Å². The molecule has 0 aliphatic rings. The van der Waals surface area contributed by atoms with Crippen LogP contribution in [-0.2, 0) is 18.3 Å². The van der Waals surface area contributed by atoms with Gasteiger partial charge < -0.3 is 15.4 Å². The number of hydrogen-bond acceptors (Lipinski definition) is 3. The number of halogens is 10. The standard InChI is InChI=1S/C31H22F10N2O2.C7H8/c1-29(20-12-21(32)15-22(13-20)45-31(40,41)28(35)36,43-27(44)18-7-9-24(33)23(11-18)30(37,38)39)19-8-10-25(34)26(14-19)42-16-17-5-3-2-4-6-17;1-7-5-3-2-4-6-7/h2-15,28,42H,16H2,1H3,(H,43,44);2-6H,1H3/t29-;/m1./s1. The van der Waals surface area contributed by atoms with Gasteiger partial charge in [0.1, 0.15) is 23.2 Å². The van der Waals surface area contributed by atoms with Crippen LogP contribution in [0, 0.1) is 24.4 Å². The zero-order valence-electron chi connectivity index (χ0n) is 27.4. The van der Waals surface area contributed by atoms with Gasteiger partial charge in [-0.2, -0.15) is 30.7 Å². The molecule has 14 heteroatoms. The third-order valence-corrected chi connectivity index (χ3v) is 7.66. The number of hydrogen-bond donors (Lipinski definition) is 2. The molecule has 2 N–H and O–H groups in total. The molecule has 0 spiro atoms. The van der Waals surface area contributed by atoms with E-state index in [9.17, 15) is 48.7 Å². The van der Waals surface area contributed by atoms with Crippen molar-refractivity contribution in [3.8, 4) is 5.75 Å². The Morgan fingerprint density at radius 3 is 1.92 bits per heavy atom. The summed E-state index contributed by atoms with van der Waals surface area (Å²) in [5.74, 6) is -6.08. The fourth-order valence-electron chi connectivity index (χ4n) is 4.91. The van der Waals surface area contributed by atoms with Crippen molar-refractivity contribution in [2.75, 3.05) is 5.32 Å². The van der Waals surface area contributed by atoms with Crippen LogP contribution < -0.4 is 15.4 Å². The highest BCUT2D eigenvalue weighted by Crippen LogP contribution is 2.37. The van der Waals surface area contributed by atoms with E-state index in [1.54, 1.807) is 30.3 Å². The van der Waals surface area contributed by atoms with Gasteiger partial charge in [0.2, 0.25) is 0 Å². The highest BCUT2D eigenvalue weighted by atomic mass is 19.4. The smallest absolute Gasteiger partial charge is 0.428 e. The Bertz CT molecular complexity index is 1970. The number of rotatable bonds is 10. The van der Waals surface area contributed by atoms with E-state index in [1.165, 1.54) is 18.6 Å². The van der Waals surface area contributed by atoms with Crippen molar-refractivity contribution in [3.05, 3.63) is 166 Å². The molecule has 0 aromatic heterocycles. The molecule has 0 saturated heterocycles. The molecule has 52 heavy (non-hydrogen) atoms. The number of carbonyl (C=O) groups excluding carboxylic acids is 1. The summed E-state index contributed by atoms with van der Waals surface area (Å²) in [6, 6.07) is 25.4. The fraction of sp³-hybridized carbons (Fsp3) is 0.184. The van der Waals surface area contributed by atoms with Crippen molar-refractivity contribution < 1.29 is 53.4 Å². The molecule has 0 fully saturated rings. The van der Waals surface area contributed by atoms with Crippen LogP contribution in [0.5, 0.6) is 5.75 Å². The number of ether oxygens (including phenoxy) is 1. The number of benzene rings is 5. The molecule has 0 radical (unpaired) electrons. The summed E-state index contributed by atoms with van der Waals surface area (Å²) in [5.41, 5.74) is -3.07.